The van der Waals surface area contributed by atoms with Crippen LogP contribution in [0.25, 0.3) is 6.08 Å². The van der Waals surface area contributed by atoms with Gasteiger partial charge in [0.1, 0.15) is 11.4 Å². The fourth-order valence-electron chi connectivity index (χ4n) is 2.43. The Kier molecular flexibility index (Phi) is 6.53. The van der Waals surface area contributed by atoms with Crippen LogP contribution < -0.4 is 14.8 Å². The number of halogens is 2. The van der Waals surface area contributed by atoms with Gasteiger partial charge in [-0.25, -0.2) is 4.99 Å². The second-order valence-electron chi connectivity index (χ2n) is 5.58. The van der Waals surface area contributed by atoms with Gasteiger partial charge in [0.05, 0.1) is 23.1 Å². The standard InChI is InChI=1S/C19H16BrClN2O4S/c1-3-27-15-7-10(6-12(20)17(15)24)8-16-18(25)23-19(28-16)22-13-9-11(21)4-5-14(13)26-2/h4-9,24H,3H2,1-2H3,(H,22,23,25)/b16-8-. The summed E-state index contributed by atoms with van der Waals surface area (Å²) in [5.74, 6) is 0.632. The Bertz CT molecular complexity index is 994. The zero-order chi connectivity index (χ0) is 20.3. The molecule has 1 fully saturated rings. The number of nitrogens with zero attached hydrogens (tertiary/aromatic N) is 1. The number of carbonyl (C=O) groups excluding carboxylic acids is 1. The number of carbonyl (C=O) groups is 1. The monoisotopic (exact) mass is 482 g/mol. The van der Waals surface area contributed by atoms with Crippen molar-refractivity contribution in [2.75, 3.05) is 13.7 Å². The number of aromatic hydroxyl groups is 1. The Morgan fingerprint density at radius 1 is 1.32 bits per heavy atom. The number of methoxy groups -OCH3 is 1. The van der Waals surface area contributed by atoms with E-state index in [1.165, 1.54) is 18.9 Å². The molecule has 0 bridgehead atoms. The number of hydrogen-bond donors (Lipinski definition) is 2. The average Bonchev–Trinajstić information content (AvgIpc) is 2.98. The number of nitrogens with one attached hydrogen (secondary N) is 1. The average molecular weight is 484 g/mol. The molecule has 0 aliphatic carbocycles. The fraction of sp³-hybridized carbons (Fsp3) is 0.158. The van der Waals surface area contributed by atoms with E-state index < -0.39 is 0 Å². The maximum atomic E-state index is 12.3. The van der Waals surface area contributed by atoms with Gasteiger partial charge in [-0.2, -0.15) is 0 Å². The predicted molar refractivity (Wildman–Crippen MR) is 116 cm³/mol. The number of thioether (sulfide) groups is 1. The van der Waals surface area contributed by atoms with Gasteiger partial charge in [0, 0.05) is 5.02 Å². The summed E-state index contributed by atoms with van der Waals surface area (Å²) < 4.78 is 11.2. The zero-order valence-corrected chi connectivity index (χ0v) is 18.1. The van der Waals surface area contributed by atoms with Gasteiger partial charge in [-0.1, -0.05) is 11.6 Å². The van der Waals surface area contributed by atoms with Crippen molar-refractivity contribution in [3.8, 4) is 17.2 Å². The molecule has 28 heavy (non-hydrogen) atoms. The topological polar surface area (TPSA) is 80.2 Å². The first-order valence-electron chi connectivity index (χ1n) is 8.19. The number of amidine groups is 1. The molecule has 3 rings (SSSR count). The molecule has 0 aromatic heterocycles. The van der Waals surface area contributed by atoms with Crippen molar-refractivity contribution in [3.05, 3.63) is 50.3 Å². The van der Waals surface area contributed by atoms with E-state index in [1.807, 2.05) is 6.92 Å². The number of benzene rings is 2. The number of rotatable bonds is 5. The lowest BCUT2D eigenvalue weighted by atomic mass is 10.2. The maximum absolute atomic E-state index is 12.3. The zero-order valence-electron chi connectivity index (χ0n) is 15.0. The van der Waals surface area contributed by atoms with Gasteiger partial charge < -0.3 is 19.9 Å². The van der Waals surface area contributed by atoms with E-state index >= 15 is 0 Å². The fourth-order valence-corrected chi connectivity index (χ4v) is 3.90. The van der Waals surface area contributed by atoms with Crippen LogP contribution >= 0.6 is 39.3 Å². The van der Waals surface area contributed by atoms with Crippen LogP contribution in [0, 0.1) is 0 Å². The molecule has 0 unspecified atom stereocenters. The van der Waals surface area contributed by atoms with Crippen LogP contribution in [0.5, 0.6) is 17.2 Å². The Hall–Kier alpha value is -2.16. The molecule has 1 heterocycles. The van der Waals surface area contributed by atoms with Crippen molar-refractivity contribution in [2.45, 2.75) is 6.92 Å². The summed E-state index contributed by atoms with van der Waals surface area (Å²) in [6.07, 6.45) is 1.70. The van der Waals surface area contributed by atoms with E-state index in [0.29, 0.717) is 48.9 Å². The minimum absolute atomic E-state index is 0.0165. The Labute approximate surface area is 179 Å². The molecule has 0 saturated carbocycles. The van der Waals surface area contributed by atoms with Crippen LogP contribution in [0.15, 0.2) is 44.7 Å². The quantitative estimate of drug-likeness (QED) is 0.578. The first kappa shape index (κ1) is 20.6. The van der Waals surface area contributed by atoms with E-state index in [9.17, 15) is 9.90 Å². The van der Waals surface area contributed by atoms with Gasteiger partial charge in [0.15, 0.2) is 16.7 Å². The second kappa shape index (κ2) is 8.89. The molecule has 0 atom stereocenters. The normalized spacial score (nSPS) is 16.5. The van der Waals surface area contributed by atoms with Crippen molar-refractivity contribution in [3.63, 3.8) is 0 Å². The molecule has 6 nitrogen and oxygen atoms in total. The van der Waals surface area contributed by atoms with E-state index in [-0.39, 0.29) is 11.7 Å². The lowest BCUT2D eigenvalue weighted by Gasteiger charge is -2.08. The number of aliphatic imine (C=N–C) groups is 1. The predicted octanol–water partition coefficient (Wildman–Crippen LogP) is 5.11. The molecular weight excluding hydrogens is 468 g/mol. The largest absolute Gasteiger partial charge is 0.503 e. The van der Waals surface area contributed by atoms with Crippen molar-refractivity contribution in [1.29, 1.82) is 0 Å². The highest BCUT2D eigenvalue weighted by Gasteiger charge is 2.24. The molecule has 2 aromatic rings. The number of ether oxygens (including phenoxy) is 2. The first-order chi connectivity index (χ1) is 13.4. The minimum atomic E-state index is -0.271. The number of amides is 1. The van der Waals surface area contributed by atoms with Crippen LogP contribution in [0.3, 0.4) is 0 Å². The molecule has 1 saturated heterocycles. The van der Waals surface area contributed by atoms with E-state index in [2.05, 4.69) is 26.2 Å². The lowest BCUT2D eigenvalue weighted by Crippen LogP contribution is -2.19. The second-order valence-corrected chi connectivity index (χ2v) is 7.90. The number of phenols is 1. The molecule has 2 aromatic carbocycles. The summed E-state index contributed by atoms with van der Waals surface area (Å²) in [5.41, 5.74) is 1.22. The maximum Gasteiger partial charge on any atom is 0.264 e. The Morgan fingerprint density at radius 2 is 2.11 bits per heavy atom. The van der Waals surface area contributed by atoms with Crippen molar-refractivity contribution < 1.29 is 19.4 Å². The molecule has 0 radical (unpaired) electrons. The minimum Gasteiger partial charge on any atom is -0.503 e. The van der Waals surface area contributed by atoms with E-state index in [4.69, 9.17) is 21.1 Å². The lowest BCUT2D eigenvalue weighted by molar-refractivity contribution is -0.115. The van der Waals surface area contributed by atoms with Gasteiger partial charge in [0.25, 0.3) is 5.91 Å². The van der Waals surface area contributed by atoms with E-state index in [0.717, 1.165) is 0 Å². The molecular formula is C19H16BrClN2O4S. The van der Waals surface area contributed by atoms with Gasteiger partial charge in [-0.3, -0.25) is 4.79 Å². The third-order valence-electron chi connectivity index (χ3n) is 3.66. The highest BCUT2D eigenvalue weighted by Crippen LogP contribution is 2.38. The highest BCUT2D eigenvalue weighted by atomic mass is 79.9. The summed E-state index contributed by atoms with van der Waals surface area (Å²) in [7, 11) is 1.54. The first-order valence-corrected chi connectivity index (χ1v) is 10.2. The van der Waals surface area contributed by atoms with Crippen LogP contribution in [-0.2, 0) is 4.79 Å². The van der Waals surface area contributed by atoms with E-state index in [1.54, 1.807) is 36.4 Å². The van der Waals surface area contributed by atoms with Crippen LogP contribution in [-0.4, -0.2) is 29.9 Å². The van der Waals surface area contributed by atoms with Gasteiger partial charge in [-0.05, 0) is 76.6 Å². The molecule has 1 aliphatic heterocycles. The van der Waals surface area contributed by atoms with Gasteiger partial charge >= 0.3 is 0 Å². The van der Waals surface area contributed by atoms with Gasteiger partial charge in [0.2, 0.25) is 0 Å². The summed E-state index contributed by atoms with van der Waals surface area (Å²) >= 11 is 10.5. The molecule has 2 N–H and O–H groups in total. The van der Waals surface area contributed by atoms with Crippen LogP contribution in [0.2, 0.25) is 5.02 Å². The highest BCUT2D eigenvalue weighted by molar-refractivity contribution is 9.10. The third kappa shape index (κ3) is 4.63. The smallest absolute Gasteiger partial charge is 0.264 e. The molecule has 146 valence electrons. The summed E-state index contributed by atoms with van der Waals surface area (Å²) in [6.45, 7) is 2.24. The third-order valence-corrected chi connectivity index (χ3v) is 5.41. The summed E-state index contributed by atoms with van der Waals surface area (Å²) in [4.78, 5) is 17.2. The van der Waals surface area contributed by atoms with Gasteiger partial charge in [-0.15, -0.1) is 0 Å². The summed E-state index contributed by atoms with van der Waals surface area (Å²) in [5, 5.41) is 13.7. The number of phenolic OH excluding ortho intramolecular Hbond substituents is 1. The molecule has 9 heteroatoms. The molecule has 1 aliphatic rings. The van der Waals surface area contributed by atoms with Crippen LogP contribution in [0.4, 0.5) is 5.69 Å². The summed E-state index contributed by atoms with van der Waals surface area (Å²) in [6, 6.07) is 8.44. The Morgan fingerprint density at radius 3 is 2.82 bits per heavy atom. The van der Waals surface area contributed by atoms with Crippen molar-refractivity contribution in [2.24, 2.45) is 4.99 Å². The van der Waals surface area contributed by atoms with Crippen molar-refractivity contribution in [1.82, 2.24) is 5.32 Å². The number of hydrogen-bond acceptors (Lipinski definition) is 6. The SMILES string of the molecule is CCOc1cc(/C=C2\SC(=Nc3cc(Cl)ccc3OC)NC2=O)cc(Br)c1O. The molecule has 0 spiro atoms. The molecule has 1 amide bonds. The Balaban J connectivity index is 1.90. The van der Waals surface area contributed by atoms with Crippen molar-refractivity contribution >= 4 is 62.1 Å². The van der Waals surface area contributed by atoms with Crippen LogP contribution in [0.1, 0.15) is 12.5 Å².